The van der Waals surface area contributed by atoms with Crippen LogP contribution in [0.25, 0.3) is 11.1 Å². The molecule has 5 nitrogen and oxygen atoms in total. The van der Waals surface area contributed by atoms with Gasteiger partial charge < -0.3 is 15.5 Å². The Kier molecular flexibility index (Phi) is 9.05. The molecular formula is C23H23Cl2NO4. The maximum Gasteiger partial charge on any atom is 0.337 e. The molecule has 0 fully saturated rings. The monoisotopic (exact) mass is 447 g/mol. The number of anilines is 1. The molecule has 3 aromatic rings. The second-order valence-corrected chi connectivity index (χ2v) is 6.85. The van der Waals surface area contributed by atoms with Gasteiger partial charge in [-0.2, -0.15) is 0 Å². The summed E-state index contributed by atoms with van der Waals surface area (Å²) in [6.45, 7) is -0.115. The Morgan fingerprint density at radius 1 is 0.867 bits per heavy atom. The number of rotatable bonds is 5. The summed E-state index contributed by atoms with van der Waals surface area (Å²) in [4.78, 5) is 24.2. The quantitative estimate of drug-likeness (QED) is 0.423. The van der Waals surface area contributed by atoms with Crippen LogP contribution in [0.15, 0.2) is 60.7 Å². The Morgan fingerprint density at radius 2 is 1.57 bits per heavy atom. The van der Waals surface area contributed by atoms with Crippen molar-refractivity contribution in [3.05, 3.63) is 87.4 Å². The minimum Gasteiger partial charge on any atom is -0.478 e. The molecular weight excluding hydrogens is 425 g/mol. The molecule has 0 saturated heterocycles. The number of carbonyl (C=O) groups excluding carboxylic acids is 1. The van der Waals surface area contributed by atoms with Gasteiger partial charge in [-0.25, -0.2) is 4.79 Å². The van der Waals surface area contributed by atoms with Crippen molar-refractivity contribution < 1.29 is 19.8 Å². The highest BCUT2D eigenvalue weighted by Crippen LogP contribution is 2.28. The summed E-state index contributed by atoms with van der Waals surface area (Å²) < 4.78 is 0. The summed E-state index contributed by atoms with van der Waals surface area (Å²) in [6.07, 6.45) is 0. The van der Waals surface area contributed by atoms with Crippen LogP contribution in [0.3, 0.4) is 0 Å². The molecule has 3 N–H and O–H groups in total. The van der Waals surface area contributed by atoms with Crippen LogP contribution >= 0.6 is 23.2 Å². The van der Waals surface area contributed by atoms with Gasteiger partial charge in [0.15, 0.2) is 0 Å². The van der Waals surface area contributed by atoms with E-state index in [-0.39, 0.29) is 43.3 Å². The number of carbonyl (C=O) groups is 2. The zero-order valence-corrected chi connectivity index (χ0v) is 16.0. The fraction of sp³-hybridized carbons (Fsp3) is 0.130. The van der Waals surface area contributed by atoms with Crippen LogP contribution in [0, 0.1) is 0 Å². The van der Waals surface area contributed by atoms with Crippen LogP contribution in [0.4, 0.5) is 5.69 Å². The largest absolute Gasteiger partial charge is 0.478 e. The number of carboxylic acid groups (broad SMARTS) is 1. The van der Waals surface area contributed by atoms with Crippen molar-refractivity contribution in [1.82, 2.24) is 0 Å². The Balaban J connectivity index is 0.00000225. The molecule has 0 aliphatic rings. The van der Waals surface area contributed by atoms with E-state index in [0.717, 1.165) is 5.56 Å². The summed E-state index contributed by atoms with van der Waals surface area (Å²) in [6, 6.07) is 16.2. The Morgan fingerprint density at radius 3 is 2.20 bits per heavy atom. The molecule has 0 heterocycles. The molecule has 0 atom stereocenters. The van der Waals surface area contributed by atoms with Gasteiger partial charge in [0.05, 0.1) is 28.4 Å². The number of amides is 1. The first kappa shape index (κ1) is 25.2. The number of halogens is 2. The Hall–Kier alpha value is -2.86. The lowest BCUT2D eigenvalue weighted by Gasteiger charge is -2.12. The average molecular weight is 448 g/mol. The first-order chi connectivity index (χ1) is 13.4. The van der Waals surface area contributed by atoms with Crippen molar-refractivity contribution in [1.29, 1.82) is 0 Å². The lowest BCUT2D eigenvalue weighted by Crippen LogP contribution is -2.15. The molecule has 0 spiro atoms. The average Bonchev–Trinajstić information content (AvgIpc) is 2.68. The molecule has 0 aromatic heterocycles. The van der Waals surface area contributed by atoms with Crippen molar-refractivity contribution in [3.63, 3.8) is 0 Å². The van der Waals surface area contributed by atoms with Gasteiger partial charge in [0, 0.05) is 5.02 Å². The molecule has 158 valence electrons. The summed E-state index contributed by atoms with van der Waals surface area (Å²) in [5.41, 5.74) is 2.38. The molecule has 0 saturated carbocycles. The molecule has 30 heavy (non-hydrogen) atoms. The van der Waals surface area contributed by atoms with Crippen molar-refractivity contribution in [2.45, 2.75) is 21.5 Å². The first-order valence-electron chi connectivity index (χ1n) is 8.23. The van der Waals surface area contributed by atoms with Crippen LogP contribution in [-0.2, 0) is 6.61 Å². The highest BCUT2D eigenvalue weighted by molar-refractivity contribution is 6.37. The van der Waals surface area contributed by atoms with Crippen LogP contribution in [0.1, 0.15) is 41.1 Å². The number of benzene rings is 3. The van der Waals surface area contributed by atoms with Crippen molar-refractivity contribution in [3.8, 4) is 11.1 Å². The second kappa shape index (κ2) is 10.8. The van der Waals surface area contributed by atoms with Gasteiger partial charge in [-0.05, 0) is 53.1 Å². The SMILES string of the molecule is C.C.O=C(Nc1ccc(-c2cccc(CO)c2)cc1C(=O)O)c1ccc(Cl)cc1Cl. The van der Waals surface area contributed by atoms with Crippen LogP contribution in [0.5, 0.6) is 0 Å². The molecule has 3 aromatic carbocycles. The third-order valence-electron chi connectivity index (χ3n) is 4.12. The van der Waals surface area contributed by atoms with Gasteiger partial charge in [-0.3, -0.25) is 4.79 Å². The Labute approximate surface area is 185 Å². The molecule has 0 bridgehead atoms. The summed E-state index contributed by atoms with van der Waals surface area (Å²) >= 11 is 11.9. The first-order valence-corrected chi connectivity index (χ1v) is 8.98. The highest BCUT2D eigenvalue weighted by atomic mass is 35.5. The Bertz CT molecular complexity index is 1070. The predicted octanol–water partition coefficient (Wildman–Crippen LogP) is 6.38. The van der Waals surface area contributed by atoms with Gasteiger partial charge in [-0.15, -0.1) is 0 Å². The number of nitrogens with one attached hydrogen (secondary N) is 1. The maximum atomic E-state index is 12.5. The predicted molar refractivity (Wildman–Crippen MR) is 123 cm³/mol. The highest BCUT2D eigenvalue weighted by Gasteiger charge is 2.17. The fourth-order valence-corrected chi connectivity index (χ4v) is 3.22. The second-order valence-electron chi connectivity index (χ2n) is 6.00. The van der Waals surface area contributed by atoms with E-state index in [0.29, 0.717) is 16.1 Å². The summed E-state index contributed by atoms with van der Waals surface area (Å²) in [7, 11) is 0. The maximum absolute atomic E-state index is 12.5. The van der Waals surface area contributed by atoms with Gasteiger partial charge >= 0.3 is 5.97 Å². The molecule has 1 amide bonds. The topological polar surface area (TPSA) is 86.6 Å². The smallest absolute Gasteiger partial charge is 0.337 e. The van der Waals surface area contributed by atoms with E-state index in [4.69, 9.17) is 23.2 Å². The van der Waals surface area contributed by atoms with E-state index in [2.05, 4.69) is 5.32 Å². The number of aromatic carboxylic acids is 1. The van der Waals surface area contributed by atoms with Gasteiger partial charge in [0.1, 0.15) is 0 Å². The zero-order chi connectivity index (χ0) is 20.3. The molecule has 0 aliphatic heterocycles. The molecule has 0 unspecified atom stereocenters. The third-order valence-corrected chi connectivity index (χ3v) is 4.66. The van der Waals surface area contributed by atoms with Crippen molar-refractivity contribution in [2.75, 3.05) is 5.32 Å². The van der Waals surface area contributed by atoms with Crippen LogP contribution < -0.4 is 5.32 Å². The fourth-order valence-electron chi connectivity index (χ4n) is 2.72. The van der Waals surface area contributed by atoms with E-state index in [1.807, 2.05) is 6.07 Å². The minimum atomic E-state index is -1.18. The molecule has 3 rings (SSSR count). The van der Waals surface area contributed by atoms with Crippen molar-refractivity contribution >= 4 is 40.8 Å². The van der Waals surface area contributed by atoms with E-state index in [1.165, 1.54) is 30.3 Å². The van der Waals surface area contributed by atoms with E-state index >= 15 is 0 Å². The van der Waals surface area contributed by atoms with Crippen LogP contribution in [-0.4, -0.2) is 22.1 Å². The summed E-state index contributed by atoms with van der Waals surface area (Å²) in [5, 5.41) is 22.0. The minimum absolute atomic E-state index is 0. The number of hydrogen-bond donors (Lipinski definition) is 3. The van der Waals surface area contributed by atoms with Gasteiger partial charge in [-0.1, -0.05) is 62.3 Å². The van der Waals surface area contributed by atoms with E-state index in [9.17, 15) is 19.8 Å². The van der Waals surface area contributed by atoms with Crippen molar-refractivity contribution in [2.24, 2.45) is 0 Å². The van der Waals surface area contributed by atoms with Gasteiger partial charge in [0.2, 0.25) is 0 Å². The number of hydrogen-bond acceptors (Lipinski definition) is 3. The lowest BCUT2D eigenvalue weighted by atomic mass is 10.00. The zero-order valence-electron chi connectivity index (χ0n) is 14.4. The molecule has 0 radical (unpaired) electrons. The summed E-state index contributed by atoms with van der Waals surface area (Å²) in [5.74, 6) is -1.73. The van der Waals surface area contributed by atoms with Gasteiger partial charge in [0.25, 0.3) is 5.91 Å². The van der Waals surface area contributed by atoms with Crippen LogP contribution in [0.2, 0.25) is 10.0 Å². The number of aliphatic hydroxyl groups is 1. The molecule has 0 aliphatic carbocycles. The number of aliphatic hydroxyl groups excluding tert-OH is 1. The van der Waals surface area contributed by atoms with E-state index < -0.39 is 11.9 Å². The third kappa shape index (κ3) is 5.60. The standard InChI is InChI=1S/C21H15Cl2NO4.2CH4/c22-15-5-6-16(18(23)10-15)20(26)24-19-7-4-14(9-17(19)21(27)28)13-3-1-2-12(8-13)11-25;;/h1-10,25H,11H2,(H,24,26)(H,27,28);2*1H4. The number of carboxylic acids is 1. The lowest BCUT2D eigenvalue weighted by molar-refractivity contribution is 0.0698. The molecule has 7 heteroatoms. The normalized spacial score (nSPS) is 9.83. The van der Waals surface area contributed by atoms with E-state index in [1.54, 1.807) is 24.3 Å².